The highest BCUT2D eigenvalue weighted by atomic mass is 16.6. The van der Waals surface area contributed by atoms with Gasteiger partial charge in [0.1, 0.15) is 5.75 Å². The SMILES string of the molecule is COc1ccccc1Nc1nc(Nc2ccc(C)c(C)c2)nc(N)c1[N+](=O)[O-]. The molecule has 0 bridgehead atoms. The summed E-state index contributed by atoms with van der Waals surface area (Å²) in [6.45, 7) is 4.00. The molecule has 0 aliphatic heterocycles. The molecule has 4 N–H and O–H groups in total. The standard InChI is InChI=1S/C19H20N6O3/c1-11-8-9-13(10-12(11)2)21-19-23-17(20)16(25(26)27)18(24-19)22-14-6-4-5-7-15(14)28-3/h4-10H,1-3H3,(H4,20,21,22,23,24). The first-order chi connectivity index (χ1) is 13.4. The van der Waals surface area contributed by atoms with E-state index in [1.54, 1.807) is 24.3 Å². The Kier molecular flexibility index (Phi) is 5.25. The lowest BCUT2D eigenvalue weighted by atomic mass is 10.1. The quantitative estimate of drug-likeness (QED) is 0.431. The summed E-state index contributed by atoms with van der Waals surface area (Å²) in [4.78, 5) is 19.2. The summed E-state index contributed by atoms with van der Waals surface area (Å²) in [5.41, 5.74) is 8.95. The van der Waals surface area contributed by atoms with Crippen molar-refractivity contribution in [3.63, 3.8) is 0 Å². The maximum Gasteiger partial charge on any atom is 0.353 e. The first kappa shape index (κ1) is 18.9. The summed E-state index contributed by atoms with van der Waals surface area (Å²) in [5.74, 6) is 0.374. The van der Waals surface area contributed by atoms with Crippen molar-refractivity contribution in [1.82, 2.24) is 9.97 Å². The molecule has 0 aliphatic carbocycles. The van der Waals surface area contributed by atoms with Gasteiger partial charge < -0.3 is 21.1 Å². The van der Waals surface area contributed by atoms with E-state index in [2.05, 4.69) is 20.6 Å². The van der Waals surface area contributed by atoms with E-state index >= 15 is 0 Å². The van der Waals surface area contributed by atoms with E-state index < -0.39 is 10.6 Å². The number of anilines is 5. The normalized spacial score (nSPS) is 10.4. The lowest BCUT2D eigenvalue weighted by Crippen LogP contribution is -2.09. The fourth-order valence-electron chi connectivity index (χ4n) is 2.62. The highest BCUT2D eigenvalue weighted by Gasteiger charge is 2.24. The van der Waals surface area contributed by atoms with Crippen LogP contribution in [0.2, 0.25) is 0 Å². The molecule has 9 nitrogen and oxygen atoms in total. The van der Waals surface area contributed by atoms with E-state index in [1.807, 2.05) is 32.0 Å². The number of para-hydroxylation sites is 2. The molecule has 0 atom stereocenters. The molecule has 0 spiro atoms. The van der Waals surface area contributed by atoms with Gasteiger partial charge in [0, 0.05) is 5.69 Å². The summed E-state index contributed by atoms with van der Waals surface area (Å²) < 4.78 is 5.28. The summed E-state index contributed by atoms with van der Waals surface area (Å²) >= 11 is 0. The van der Waals surface area contributed by atoms with E-state index in [0.717, 1.165) is 16.8 Å². The fraction of sp³-hybridized carbons (Fsp3) is 0.158. The molecule has 1 heterocycles. The molecule has 0 saturated heterocycles. The van der Waals surface area contributed by atoms with Gasteiger partial charge in [-0.2, -0.15) is 9.97 Å². The highest BCUT2D eigenvalue weighted by molar-refractivity contribution is 5.77. The lowest BCUT2D eigenvalue weighted by molar-refractivity contribution is -0.383. The molecule has 144 valence electrons. The van der Waals surface area contributed by atoms with Gasteiger partial charge in [0.25, 0.3) is 0 Å². The van der Waals surface area contributed by atoms with Crippen molar-refractivity contribution >= 4 is 34.6 Å². The maximum atomic E-state index is 11.5. The first-order valence-corrected chi connectivity index (χ1v) is 8.45. The van der Waals surface area contributed by atoms with Crippen LogP contribution in [0.25, 0.3) is 0 Å². The van der Waals surface area contributed by atoms with Crippen molar-refractivity contribution in [2.45, 2.75) is 13.8 Å². The number of methoxy groups -OCH3 is 1. The van der Waals surface area contributed by atoms with Crippen molar-refractivity contribution in [2.24, 2.45) is 0 Å². The molecule has 0 amide bonds. The van der Waals surface area contributed by atoms with Gasteiger partial charge in [-0.05, 0) is 49.2 Å². The number of benzene rings is 2. The van der Waals surface area contributed by atoms with E-state index in [4.69, 9.17) is 10.5 Å². The van der Waals surface area contributed by atoms with Crippen LogP contribution in [0, 0.1) is 24.0 Å². The molecule has 28 heavy (non-hydrogen) atoms. The van der Waals surface area contributed by atoms with E-state index in [0.29, 0.717) is 11.4 Å². The summed E-state index contributed by atoms with van der Waals surface area (Å²) in [6.07, 6.45) is 0. The topological polar surface area (TPSA) is 128 Å². The predicted molar refractivity (Wildman–Crippen MR) is 109 cm³/mol. The summed E-state index contributed by atoms with van der Waals surface area (Å²) in [5, 5.41) is 17.5. The molecule has 9 heteroatoms. The zero-order valence-corrected chi connectivity index (χ0v) is 15.7. The summed E-state index contributed by atoms with van der Waals surface area (Å²) in [6, 6.07) is 12.8. The van der Waals surface area contributed by atoms with E-state index in [9.17, 15) is 10.1 Å². The third-order valence-electron chi connectivity index (χ3n) is 4.22. The van der Waals surface area contributed by atoms with Crippen LogP contribution >= 0.6 is 0 Å². The number of aryl methyl sites for hydroxylation is 2. The molecule has 0 unspecified atom stereocenters. The Morgan fingerprint density at radius 1 is 1.07 bits per heavy atom. The Hall–Kier alpha value is -3.88. The Morgan fingerprint density at radius 2 is 1.82 bits per heavy atom. The Bertz CT molecular complexity index is 1040. The molecule has 2 aromatic carbocycles. The molecule has 3 rings (SSSR count). The Labute approximate surface area is 161 Å². The third-order valence-corrected chi connectivity index (χ3v) is 4.22. The number of nitrogens with one attached hydrogen (secondary N) is 2. The number of hydrogen-bond acceptors (Lipinski definition) is 8. The third kappa shape index (κ3) is 3.93. The van der Waals surface area contributed by atoms with Crippen molar-refractivity contribution < 1.29 is 9.66 Å². The van der Waals surface area contributed by atoms with Gasteiger partial charge in [-0.3, -0.25) is 10.1 Å². The fourth-order valence-corrected chi connectivity index (χ4v) is 2.62. The molecular formula is C19H20N6O3. The monoisotopic (exact) mass is 380 g/mol. The van der Waals surface area contributed by atoms with Gasteiger partial charge in [-0.15, -0.1) is 0 Å². The number of nitrogens with two attached hydrogens (primary N) is 1. The molecule has 0 aliphatic rings. The zero-order chi connectivity index (χ0) is 20.3. The van der Waals surface area contributed by atoms with Crippen molar-refractivity contribution in [1.29, 1.82) is 0 Å². The van der Waals surface area contributed by atoms with E-state index in [-0.39, 0.29) is 17.6 Å². The smallest absolute Gasteiger partial charge is 0.353 e. The van der Waals surface area contributed by atoms with Crippen LogP contribution in [0.1, 0.15) is 11.1 Å². The molecule has 0 radical (unpaired) electrons. The largest absolute Gasteiger partial charge is 0.495 e. The van der Waals surface area contributed by atoms with Crippen LogP contribution in [-0.4, -0.2) is 22.0 Å². The number of nitro groups is 1. The average molecular weight is 380 g/mol. The minimum Gasteiger partial charge on any atom is -0.495 e. The molecule has 3 aromatic rings. The van der Waals surface area contributed by atoms with Gasteiger partial charge in [0.05, 0.1) is 17.7 Å². The number of hydrogen-bond donors (Lipinski definition) is 3. The number of ether oxygens (including phenoxy) is 1. The van der Waals surface area contributed by atoms with E-state index in [1.165, 1.54) is 7.11 Å². The van der Waals surface area contributed by atoms with Gasteiger partial charge in [0.2, 0.25) is 17.6 Å². The Morgan fingerprint density at radius 3 is 2.50 bits per heavy atom. The van der Waals surface area contributed by atoms with Crippen molar-refractivity contribution in [2.75, 3.05) is 23.5 Å². The zero-order valence-electron chi connectivity index (χ0n) is 15.7. The highest BCUT2D eigenvalue weighted by Crippen LogP contribution is 2.34. The van der Waals surface area contributed by atoms with Crippen LogP contribution in [0.15, 0.2) is 42.5 Å². The molecular weight excluding hydrogens is 360 g/mol. The van der Waals surface area contributed by atoms with Crippen LogP contribution in [-0.2, 0) is 0 Å². The predicted octanol–water partition coefficient (Wildman–Crippen LogP) is 4.08. The maximum absolute atomic E-state index is 11.5. The van der Waals surface area contributed by atoms with Crippen LogP contribution in [0.4, 0.5) is 34.6 Å². The number of rotatable bonds is 6. The number of nitrogens with zero attached hydrogens (tertiary/aromatic N) is 3. The van der Waals surface area contributed by atoms with Gasteiger partial charge in [0.15, 0.2) is 0 Å². The number of nitrogen functional groups attached to an aromatic ring is 1. The van der Waals surface area contributed by atoms with Crippen molar-refractivity contribution in [3.8, 4) is 5.75 Å². The minimum atomic E-state index is -0.618. The first-order valence-electron chi connectivity index (χ1n) is 8.45. The van der Waals surface area contributed by atoms with Crippen LogP contribution in [0.5, 0.6) is 5.75 Å². The second-order valence-corrected chi connectivity index (χ2v) is 6.14. The molecule has 0 saturated carbocycles. The van der Waals surface area contributed by atoms with Gasteiger partial charge >= 0.3 is 5.69 Å². The second kappa shape index (κ2) is 7.78. The van der Waals surface area contributed by atoms with Crippen molar-refractivity contribution in [3.05, 3.63) is 63.7 Å². The average Bonchev–Trinajstić information content (AvgIpc) is 2.64. The van der Waals surface area contributed by atoms with Crippen LogP contribution < -0.4 is 21.1 Å². The Balaban J connectivity index is 2.02. The molecule has 1 aromatic heterocycles. The van der Waals surface area contributed by atoms with Gasteiger partial charge in [-0.1, -0.05) is 18.2 Å². The van der Waals surface area contributed by atoms with Crippen LogP contribution in [0.3, 0.4) is 0 Å². The summed E-state index contributed by atoms with van der Waals surface area (Å²) in [7, 11) is 1.51. The van der Waals surface area contributed by atoms with Gasteiger partial charge in [-0.25, -0.2) is 0 Å². The minimum absolute atomic E-state index is 0.0340. The second-order valence-electron chi connectivity index (χ2n) is 6.14. The molecule has 0 fully saturated rings. The number of aromatic nitrogens is 2. The lowest BCUT2D eigenvalue weighted by Gasteiger charge is -2.13.